The van der Waals surface area contributed by atoms with Crippen LogP contribution in [0.3, 0.4) is 0 Å². The summed E-state index contributed by atoms with van der Waals surface area (Å²) in [5.41, 5.74) is 3.68. The molecule has 1 aliphatic rings. The van der Waals surface area contributed by atoms with Gasteiger partial charge < -0.3 is 15.8 Å². The Morgan fingerprint density at radius 2 is 1.91 bits per heavy atom. The minimum absolute atomic E-state index is 0.210. The van der Waals surface area contributed by atoms with Crippen molar-refractivity contribution in [3.63, 3.8) is 0 Å². The topological polar surface area (TPSA) is 142 Å². The van der Waals surface area contributed by atoms with Gasteiger partial charge >= 0.3 is 11.7 Å². The number of carbonyl (C=O) groups excluding carboxylic acids is 3. The lowest BCUT2D eigenvalue weighted by atomic mass is 10.2. The largest absolute Gasteiger partial charge is 0.456 e. The summed E-state index contributed by atoms with van der Waals surface area (Å²) in [6.45, 7) is -0.706. The van der Waals surface area contributed by atoms with E-state index in [2.05, 4.69) is 5.32 Å². The number of ketones is 1. The number of anilines is 1. The molecule has 1 aromatic rings. The SMILES string of the molecule is Cn1c(N)c(C(=O)COC(=O)[C@H]2CCC(=O)N2)c(=O)n(C)c1=O. The highest BCUT2D eigenvalue weighted by molar-refractivity contribution is 6.01. The number of hydrogen-bond donors (Lipinski definition) is 2. The minimum Gasteiger partial charge on any atom is -0.456 e. The summed E-state index contributed by atoms with van der Waals surface area (Å²) in [5, 5.41) is 2.40. The van der Waals surface area contributed by atoms with Crippen LogP contribution in [0.1, 0.15) is 23.2 Å². The van der Waals surface area contributed by atoms with E-state index < -0.39 is 41.2 Å². The number of hydrogen-bond acceptors (Lipinski definition) is 7. The number of Topliss-reactive ketones (excluding diaryl/α,β-unsaturated/α-hetero) is 1. The van der Waals surface area contributed by atoms with Gasteiger partial charge in [-0.25, -0.2) is 9.59 Å². The van der Waals surface area contributed by atoms with E-state index in [1.54, 1.807) is 0 Å². The molecule has 2 rings (SSSR count). The molecule has 1 aliphatic heterocycles. The zero-order valence-corrected chi connectivity index (χ0v) is 12.6. The van der Waals surface area contributed by atoms with Crippen molar-refractivity contribution in [1.29, 1.82) is 0 Å². The van der Waals surface area contributed by atoms with Gasteiger partial charge in [0.1, 0.15) is 17.4 Å². The van der Waals surface area contributed by atoms with Crippen molar-refractivity contribution >= 4 is 23.5 Å². The Morgan fingerprint density at radius 3 is 2.48 bits per heavy atom. The highest BCUT2D eigenvalue weighted by Crippen LogP contribution is 2.09. The third-order valence-corrected chi connectivity index (χ3v) is 3.61. The number of nitrogens with two attached hydrogens (primary N) is 1. The van der Waals surface area contributed by atoms with Crippen LogP contribution >= 0.6 is 0 Å². The lowest BCUT2D eigenvalue weighted by Gasteiger charge is -2.12. The summed E-state index contributed by atoms with van der Waals surface area (Å²) in [5.74, 6) is -2.15. The number of rotatable bonds is 4. The van der Waals surface area contributed by atoms with Crippen molar-refractivity contribution in [3.05, 3.63) is 26.4 Å². The van der Waals surface area contributed by atoms with Crippen molar-refractivity contribution in [2.24, 2.45) is 14.1 Å². The van der Waals surface area contributed by atoms with Gasteiger partial charge in [-0.1, -0.05) is 0 Å². The van der Waals surface area contributed by atoms with E-state index in [-0.39, 0.29) is 24.6 Å². The molecule has 23 heavy (non-hydrogen) atoms. The van der Waals surface area contributed by atoms with Gasteiger partial charge in [-0.05, 0) is 6.42 Å². The summed E-state index contributed by atoms with van der Waals surface area (Å²) >= 11 is 0. The molecule has 2 heterocycles. The lowest BCUT2D eigenvalue weighted by Crippen LogP contribution is -2.42. The highest BCUT2D eigenvalue weighted by Gasteiger charge is 2.29. The fraction of sp³-hybridized carbons (Fsp3) is 0.462. The summed E-state index contributed by atoms with van der Waals surface area (Å²) in [6, 6.07) is -0.796. The van der Waals surface area contributed by atoms with Gasteiger partial charge in [0.25, 0.3) is 5.56 Å². The third-order valence-electron chi connectivity index (χ3n) is 3.61. The van der Waals surface area contributed by atoms with Crippen molar-refractivity contribution in [3.8, 4) is 0 Å². The molecule has 1 atom stereocenters. The molecule has 10 heteroatoms. The van der Waals surface area contributed by atoms with Crippen molar-refractivity contribution in [1.82, 2.24) is 14.5 Å². The van der Waals surface area contributed by atoms with Gasteiger partial charge in [0.2, 0.25) is 11.7 Å². The van der Waals surface area contributed by atoms with Gasteiger partial charge in [-0.2, -0.15) is 0 Å². The van der Waals surface area contributed by atoms with Gasteiger partial charge in [0, 0.05) is 20.5 Å². The van der Waals surface area contributed by atoms with E-state index in [1.807, 2.05) is 0 Å². The van der Waals surface area contributed by atoms with Crippen LogP contribution in [0, 0.1) is 0 Å². The smallest absolute Gasteiger partial charge is 0.332 e. The number of aromatic nitrogens is 2. The molecule has 0 spiro atoms. The third kappa shape index (κ3) is 3.00. The second-order valence-electron chi connectivity index (χ2n) is 5.16. The van der Waals surface area contributed by atoms with Gasteiger partial charge in [0.15, 0.2) is 6.61 Å². The lowest BCUT2D eigenvalue weighted by molar-refractivity contribution is -0.145. The van der Waals surface area contributed by atoms with E-state index >= 15 is 0 Å². The number of nitrogen functional groups attached to an aromatic ring is 1. The first-order valence-electron chi connectivity index (χ1n) is 6.78. The van der Waals surface area contributed by atoms with Crippen LogP contribution in [0.4, 0.5) is 5.82 Å². The van der Waals surface area contributed by atoms with E-state index in [0.717, 1.165) is 9.13 Å². The number of amides is 1. The Morgan fingerprint density at radius 1 is 1.26 bits per heavy atom. The van der Waals surface area contributed by atoms with Gasteiger partial charge in [-0.15, -0.1) is 0 Å². The molecule has 1 fully saturated rings. The Hall–Kier alpha value is -2.91. The fourth-order valence-electron chi connectivity index (χ4n) is 2.22. The van der Waals surface area contributed by atoms with Crippen LogP contribution in [0.25, 0.3) is 0 Å². The molecular formula is C13H16N4O6. The molecule has 0 radical (unpaired) electrons. The minimum atomic E-state index is -0.860. The molecule has 0 bridgehead atoms. The standard InChI is InChI=1S/C13H16N4O6/c1-16-10(14)9(11(20)17(2)13(16)22)7(18)5-23-12(21)6-3-4-8(19)15-6/h6H,3-5,14H2,1-2H3,(H,15,19)/t6-/m1/s1. The van der Waals surface area contributed by atoms with Crippen LogP contribution in [0.5, 0.6) is 0 Å². The molecule has 0 unspecified atom stereocenters. The predicted octanol–water partition coefficient (Wildman–Crippen LogP) is -2.33. The van der Waals surface area contributed by atoms with E-state index in [9.17, 15) is 24.0 Å². The van der Waals surface area contributed by atoms with Crippen molar-refractivity contribution in [2.75, 3.05) is 12.3 Å². The number of ether oxygens (including phenoxy) is 1. The van der Waals surface area contributed by atoms with E-state index in [4.69, 9.17) is 10.5 Å². The number of nitrogens with one attached hydrogen (secondary N) is 1. The Labute approximate surface area is 129 Å². The summed E-state index contributed by atoms with van der Waals surface area (Å²) in [4.78, 5) is 58.5. The highest BCUT2D eigenvalue weighted by atomic mass is 16.5. The molecule has 1 aromatic heterocycles. The summed E-state index contributed by atoms with van der Waals surface area (Å²) < 4.78 is 6.51. The Bertz CT molecular complexity index is 806. The van der Waals surface area contributed by atoms with E-state index in [1.165, 1.54) is 14.1 Å². The maximum Gasteiger partial charge on any atom is 0.332 e. The Kier molecular flexibility index (Phi) is 4.34. The molecule has 0 aliphatic carbocycles. The van der Waals surface area contributed by atoms with Crippen LogP contribution in [0.15, 0.2) is 9.59 Å². The number of esters is 1. The summed E-state index contributed by atoms with van der Waals surface area (Å²) in [6.07, 6.45) is 0.498. The molecule has 1 amide bonds. The fourth-order valence-corrected chi connectivity index (χ4v) is 2.22. The summed E-state index contributed by atoms with van der Waals surface area (Å²) in [7, 11) is 2.52. The van der Waals surface area contributed by atoms with Crippen LogP contribution in [-0.2, 0) is 28.4 Å². The monoisotopic (exact) mass is 324 g/mol. The maximum atomic E-state index is 12.1. The molecule has 10 nitrogen and oxygen atoms in total. The molecular weight excluding hydrogens is 308 g/mol. The van der Waals surface area contributed by atoms with Crippen LogP contribution in [0.2, 0.25) is 0 Å². The van der Waals surface area contributed by atoms with Crippen molar-refractivity contribution < 1.29 is 19.1 Å². The van der Waals surface area contributed by atoms with E-state index in [0.29, 0.717) is 0 Å². The first-order valence-corrected chi connectivity index (χ1v) is 6.78. The first kappa shape index (κ1) is 16.5. The Balaban J connectivity index is 2.16. The van der Waals surface area contributed by atoms with Crippen molar-refractivity contribution in [2.45, 2.75) is 18.9 Å². The molecule has 0 aromatic carbocycles. The zero-order valence-electron chi connectivity index (χ0n) is 12.6. The van der Waals surface area contributed by atoms with Gasteiger partial charge in [-0.3, -0.25) is 23.5 Å². The average Bonchev–Trinajstić information content (AvgIpc) is 2.95. The molecule has 3 N–H and O–H groups in total. The zero-order chi connectivity index (χ0) is 17.3. The average molecular weight is 324 g/mol. The van der Waals surface area contributed by atoms with Gasteiger partial charge in [0.05, 0.1) is 0 Å². The molecule has 0 saturated carbocycles. The molecule has 124 valence electrons. The first-order chi connectivity index (χ1) is 10.7. The predicted molar refractivity (Wildman–Crippen MR) is 77.8 cm³/mol. The number of nitrogens with zero attached hydrogens (tertiary/aromatic N) is 2. The normalized spacial score (nSPS) is 17.0. The van der Waals surface area contributed by atoms with Crippen LogP contribution in [-0.4, -0.2) is 39.4 Å². The molecule has 1 saturated heterocycles. The quantitative estimate of drug-likeness (QED) is 0.467. The van der Waals surface area contributed by atoms with Crippen LogP contribution < -0.4 is 22.3 Å². The number of carbonyl (C=O) groups is 3. The second-order valence-corrected chi connectivity index (χ2v) is 5.16. The second kappa shape index (κ2) is 6.07. The maximum absolute atomic E-state index is 12.1.